The summed E-state index contributed by atoms with van der Waals surface area (Å²) in [6.07, 6.45) is 0. The first kappa shape index (κ1) is 7.60. The molecule has 0 atom stereocenters. The summed E-state index contributed by atoms with van der Waals surface area (Å²) < 4.78 is 0. The van der Waals surface area contributed by atoms with Crippen molar-refractivity contribution in [3.8, 4) is 0 Å². The third-order valence-corrected chi connectivity index (χ3v) is 1.55. The van der Waals surface area contributed by atoms with E-state index in [1.807, 2.05) is 0 Å². The summed E-state index contributed by atoms with van der Waals surface area (Å²) in [6, 6.07) is 14.7. The van der Waals surface area contributed by atoms with Crippen molar-refractivity contribution in [1.82, 2.24) is 0 Å². The van der Waals surface area contributed by atoms with Crippen LogP contribution in [0.5, 0.6) is 0 Å². The monoisotopic (exact) mass is 302 g/mol. The predicted octanol–water partition coefficient (Wildman–Crippen LogP) is 2.56. The van der Waals surface area contributed by atoms with E-state index in [0.717, 1.165) is 0 Å². The fourth-order valence-corrected chi connectivity index (χ4v) is 1.07. The Morgan fingerprint density at radius 1 is 1.00 bits per heavy atom. The Balaban J connectivity index is 0.000000500. The van der Waals surface area contributed by atoms with Gasteiger partial charge in [0.15, 0.2) is 0 Å². The van der Waals surface area contributed by atoms with Gasteiger partial charge in [0.25, 0.3) is 0 Å². The second-order valence-electron chi connectivity index (χ2n) is 2.15. The molecule has 0 N–H and O–H groups in total. The molecule has 0 bridgehead atoms. The van der Waals surface area contributed by atoms with Gasteiger partial charge in [-0.15, -0.1) is 29.7 Å². The summed E-state index contributed by atoms with van der Waals surface area (Å²) in [7, 11) is 0. The number of rotatable bonds is 0. The molecule has 0 aliphatic rings. The van der Waals surface area contributed by atoms with Crippen LogP contribution in [0.2, 0.25) is 0 Å². The molecule has 0 aliphatic carbocycles. The summed E-state index contributed by atoms with van der Waals surface area (Å²) >= 11 is 0. The van der Waals surface area contributed by atoms with Crippen molar-refractivity contribution in [2.24, 2.45) is 0 Å². The van der Waals surface area contributed by atoms with Gasteiger partial charge in [0.05, 0.1) is 0 Å². The molecule has 0 aromatic heterocycles. The molecule has 0 unspecified atom stereocenters. The van der Waals surface area contributed by atoms with Crippen molar-refractivity contribution in [1.29, 1.82) is 0 Å². The molecular formula is C9H7Re-. The van der Waals surface area contributed by atoms with E-state index < -0.39 is 0 Å². The predicted molar refractivity (Wildman–Crippen MR) is 39.5 cm³/mol. The number of hydrogen-bond donors (Lipinski definition) is 0. The van der Waals surface area contributed by atoms with Gasteiger partial charge in [-0.1, -0.05) is 6.07 Å². The van der Waals surface area contributed by atoms with Crippen molar-refractivity contribution < 1.29 is 20.4 Å². The molecule has 0 aliphatic heterocycles. The van der Waals surface area contributed by atoms with E-state index in [1.54, 1.807) is 0 Å². The van der Waals surface area contributed by atoms with Crippen LogP contribution >= 0.6 is 0 Å². The Morgan fingerprint density at radius 3 is 2.60 bits per heavy atom. The summed E-state index contributed by atoms with van der Waals surface area (Å²) in [5.74, 6) is 0. The molecule has 0 saturated heterocycles. The van der Waals surface area contributed by atoms with Gasteiger partial charge in [0, 0.05) is 20.4 Å². The third-order valence-electron chi connectivity index (χ3n) is 1.55. The van der Waals surface area contributed by atoms with Gasteiger partial charge in [0.2, 0.25) is 0 Å². The Morgan fingerprint density at radius 2 is 1.80 bits per heavy atom. The fourth-order valence-electron chi connectivity index (χ4n) is 1.07. The Hall–Kier alpha value is -0.508. The Labute approximate surface area is 73.9 Å². The maximum absolute atomic E-state index is 2.12. The molecule has 0 nitrogen and oxygen atoms in total. The third kappa shape index (κ3) is 1.16. The van der Waals surface area contributed by atoms with Gasteiger partial charge in [0.1, 0.15) is 0 Å². The minimum absolute atomic E-state index is 0. The van der Waals surface area contributed by atoms with Crippen molar-refractivity contribution in [3.63, 3.8) is 0 Å². The van der Waals surface area contributed by atoms with Crippen molar-refractivity contribution in [2.75, 3.05) is 0 Å². The second kappa shape index (κ2) is 3.05. The minimum Gasteiger partial charge on any atom is -0.168 e. The molecule has 0 fully saturated rings. The van der Waals surface area contributed by atoms with Gasteiger partial charge < -0.3 is 0 Å². The number of hydrogen-bond acceptors (Lipinski definition) is 0. The zero-order valence-corrected chi connectivity index (χ0v) is 8.14. The van der Waals surface area contributed by atoms with E-state index in [-0.39, 0.29) is 20.4 Å². The quantitative estimate of drug-likeness (QED) is 0.656. The normalized spacial score (nSPS) is 9.20. The number of benzene rings is 1. The van der Waals surface area contributed by atoms with E-state index in [4.69, 9.17) is 0 Å². The molecule has 0 spiro atoms. The first-order valence-corrected chi connectivity index (χ1v) is 3.07. The molecule has 2 rings (SSSR count). The van der Waals surface area contributed by atoms with Crippen LogP contribution in [0.25, 0.3) is 10.8 Å². The van der Waals surface area contributed by atoms with Crippen LogP contribution in [0.4, 0.5) is 0 Å². The maximum atomic E-state index is 2.12. The van der Waals surface area contributed by atoms with Crippen LogP contribution in [0.15, 0.2) is 42.5 Å². The maximum Gasteiger partial charge on any atom is 0 e. The van der Waals surface area contributed by atoms with Crippen LogP contribution in [0.1, 0.15) is 0 Å². The molecule has 10 heavy (non-hydrogen) atoms. The van der Waals surface area contributed by atoms with E-state index >= 15 is 0 Å². The van der Waals surface area contributed by atoms with E-state index in [9.17, 15) is 0 Å². The molecule has 51 valence electrons. The summed E-state index contributed by atoms with van der Waals surface area (Å²) in [5.41, 5.74) is 0. The molecule has 2 aromatic rings. The van der Waals surface area contributed by atoms with E-state index in [1.165, 1.54) is 10.8 Å². The Bertz CT molecular complexity index is 279. The van der Waals surface area contributed by atoms with Crippen molar-refractivity contribution >= 4 is 10.8 Å². The molecule has 0 heterocycles. The molecular weight excluding hydrogens is 294 g/mol. The topological polar surface area (TPSA) is 0 Å². The van der Waals surface area contributed by atoms with Crippen LogP contribution in [0, 0.1) is 0 Å². The van der Waals surface area contributed by atoms with Crippen LogP contribution in [-0.4, -0.2) is 0 Å². The van der Waals surface area contributed by atoms with E-state index in [2.05, 4.69) is 42.5 Å². The van der Waals surface area contributed by atoms with Crippen molar-refractivity contribution in [3.05, 3.63) is 42.5 Å². The standard InChI is InChI=1S/C9H7.Re/c1-2-5-9-7-3-6-8(9)4-1;/h1-7H;/q-1;. The molecule has 1 heteroatoms. The zero-order valence-electron chi connectivity index (χ0n) is 5.42. The van der Waals surface area contributed by atoms with Crippen LogP contribution in [0.3, 0.4) is 0 Å². The van der Waals surface area contributed by atoms with Gasteiger partial charge in [-0.05, 0) is 0 Å². The summed E-state index contributed by atoms with van der Waals surface area (Å²) in [5, 5.41) is 2.66. The number of fused-ring (bicyclic) bond motifs is 1. The molecule has 0 amide bonds. The van der Waals surface area contributed by atoms with Gasteiger partial charge in [-0.3, -0.25) is 0 Å². The van der Waals surface area contributed by atoms with Gasteiger partial charge in [-0.25, -0.2) is 0 Å². The fraction of sp³-hybridized carbons (Fsp3) is 0. The largest absolute Gasteiger partial charge is 0.168 e. The first-order chi connectivity index (χ1) is 4.47. The van der Waals surface area contributed by atoms with Crippen LogP contribution in [-0.2, 0) is 20.4 Å². The van der Waals surface area contributed by atoms with Crippen molar-refractivity contribution in [2.45, 2.75) is 0 Å². The summed E-state index contributed by atoms with van der Waals surface area (Å²) in [4.78, 5) is 0. The van der Waals surface area contributed by atoms with Crippen LogP contribution < -0.4 is 0 Å². The van der Waals surface area contributed by atoms with E-state index in [0.29, 0.717) is 0 Å². The molecule has 0 saturated carbocycles. The smallest absolute Gasteiger partial charge is 0 e. The molecule has 2 aromatic carbocycles. The average Bonchev–Trinajstić information content (AvgIpc) is 2.33. The Kier molecular flexibility index (Phi) is 2.32. The minimum atomic E-state index is 0. The molecule has 1 radical (unpaired) electrons. The van der Waals surface area contributed by atoms with Gasteiger partial charge >= 0.3 is 0 Å². The second-order valence-corrected chi connectivity index (χ2v) is 2.15. The first-order valence-electron chi connectivity index (χ1n) is 3.07. The summed E-state index contributed by atoms with van der Waals surface area (Å²) in [6.45, 7) is 0. The zero-order chi connectivity index (χ0) is 6.10. The van der Waals surface area contributed by atoms with Gasteiger partial charge in [-0.2, -0.15) is 17.5 Å². The average molecular weight is 301 g/mol. The SMILES string of the molecule is [Re].c1ccc2[cH-]ccc2c1.